The van der Waals surface area contributed by atoms with Gasteiger partial charge in [-0.25, -0.2) is 8.78 Å². The Hall–Kier alpha value is -1.69. The number of rotatable bonds is 8. The van der Waals surface area contributed by atoms with E-state index in [-0.39, 0.29) is 18.3 Å². The highest BCUT2D eigenvalue weighted by Gasteiger charge is 2.32. The molecule has 0 fully saturated rings. The third-order valence-corrected chi connectivity index (χ3v) is 3.18. The van der Waals surface area contributed by atoms with Crippen molar-refractivity contribution in [2.75, 3.05) is 20.3 Å². The van der Waals surface area contributed by atoms with Crippen LogP contribution >= 0.6 is 0 Å². The lowest BCUT2D eigenvalue weighted by Gasteiger charge is -2.27. The molecule has 1 aromatic carbocycles. The Kier molecular flexibility index (Phi) is 6.55. The number of ether oxygens (including phenoxy) is 2. The van der Waals surface area contributed by atoms with Gasteiger partial charge in [0, 0.05) is 6.07 Å². The number of hydrogen-bond donors (Lipinski definition) is 1. The maximum atomic E-state index is 13.4. The van der Waals surface area contributed by atoms with Crippen LogP contribution in [0.4, 0.5) is 8.78 Å². The summed E-state index contributed by atoms with van der Waals surface area (Å²) in [5, 5.41) is 3.07. The van der Waals surface area contributed by atoms with E-state index in [9.17, 15) is 13.6 Å². The summed E-state index contributed by atoms with van der Waals surface area (Å²) in [6.07, 6.45) is 1.01. The van der Waals surface area contributed by atoms with Crippen molar-refractivity contribution < 1.29 is 23.0 Å². The van der Waals surface area contributed by atoms with Gasteiger partial charge in [-0.2, -0.15) is 0 Å². The average molecular weight is 301 g/mol. The molecular weight excluding hydrogens is 280 g/mol. The SMILES string of the molecule is CCNC(C)(CCCOc1ccc(F)cc1F)C(=O)OC. The number of halogens is 2. The summed E-state index contributed by atoms with van der Waals surface area (Å²) in [6, 6.07) is 3.15. The maximum absolute atomic E-state index is 13.4. The summed E-state index contributed by atoms with van der Waals surface area (Å²) >= 11 is 0. The number of likely N-dealkylation sites (N-methyl/N-ethyl adjacent to an activating group) is 1. The van der Waals surface area contributed by atoms with Crippen molar-refractivity contribution in [3.05, 3.63) is 29.8 Å². The molecule has 0 bridgehead atoms. The molecule has 4 nitrogen and oxygen atoms in total. The molecule has 0 spiro atoms. The predicted octanol–water partition coefficient (Wildman–Crippen LogP) is 2.67. The smallest absolute Gasteiger partial charge is 0.325 e. The second-order valence-electron chi connectivity index (χ2n) is 4.88. The van der Waals surface area contributed by atoms with E-state index in [1.54, 1.807) is 6.92 Å². The Balaban J connectivity index is 2.49. The topological polar surface area (TPSA) is 47.6 Å². The average Bonchev–Trinajstić information content (AvgIpc) is 2.44. The van der Waals surface area contributed by atoms with Crippen molar-refractivity contribution >= 4 is 5.97 Å². The van der Waals surface area contributed by atoms with Crippen LogP contribution in [0.2, 0.25) is 0 Å². The van der Waals surface area contributed by atoms with Gasteiger partial charge in [0.2, 0.25) is 0 Å². The molecule has 1 aromatic rings. The van der Waals surface area contributed by atoms with Crippen LogP contribution in [0.1, 0.15) is 26.7 Å². The molecule has 0 heterocycles. The lowest BCUT2D eigenvalue weighted by Crippen LogP contribution is -2.50. The zero-order chi connectivity index (χ0) is 15.9. The fourth-order valence-corrected chi connectivity index (χ4v) is 2.08. The highest BCUT2D eigenvalue weighted by Crippen LogP contribution is 2.19. The molecule has 1 rings (SSSR count). The third kappa shape index (κ3) is 4.97. The fraction of sp³-hybridized carbons (Fsp3) is 0.533. The number of nitrogens with one attached hydrogen (secondary N) is 1. The van der Waals surface area contributed by atoms with Crippen LogP contribution in [0.3, 0.4) is 0 Å². The molecule has 0 radical (unpaired) electrons. The zero-order valence-electron chi connectivity index (χ0n) is 12.5. The van der Waals surface area contributed by atoms with Crippen LogP contribution in [0.15, 0.2) is 18.2 Å². The Morgan fingerprint density at radius 1 is 1.38 bits per heavy atom. The van der Waals surface area contributed by atoms with E-state index in [0.717, 1.165) is 12.1 Å². The number of benzene rings is 1. The van der Waals surface area contributed by atoms with Crippen LogP contribution in [0.5, 0.6) is 5.75 Å². The number of carbonyl (C=O) groups is 1. The number of esters is 1. The lowest BCUT2D eigenvalue weighted by atomic mass is 9.96. The fourth-order valence-electron chi connectivity index (χ4n) is 2.08. The second-order valence-corrected chi connectivity index (χ2v) is 4.88. The van der Waals surface area contributed by atoms with Crippen molar-refractivity contribution in [2.24, 2.45) is 0 Å². The van der Waals surface area contributed by atoms with Gasteiger partial charge < -0.3 is 14.8 Å². The Morgan fingerprint density at radius 3 is 2.67 bits per heavy atom. The lowest BCUT2D eigenvalue weighted by molar-refractivity contribution is -0.148. The van der Waals surface area contributed by atoms with Gasteiger partial charge in [0.05, 0.1) is 13.7 Å². The van der Waals surface area contributed by atoms with E-state index in [0.29, 0.717) is 19.4 Å². The molecular formula is C15H21F2NO3. The van der Waals surface area contributed by atoms with Crippen LogP contribution < -0.4 is 10.1 Å². The molecule has 1 N–H and O–H groups in total. The first kappa shape index (κ1) is 17.4. The van der Waals surface area contributed by atoms with Crippen LogP contribution in [0.25, 0.3) is 0 Å². The highest BCUT2D eigenvalue weighted by atomic mass is 19.1. The first-order valence-electron chi connectivity index (χ1n) is 6.84. The molecule has 21 heavy (non-hydrogen) atoms. The molecule has 0 aliphatic heterocycles. The van der Waals surface area contributed by atoms with Crippen molar-refractivity contribution in [2.45, 2.75) is 32.2 Å². The van der Waals surface area contributed by atoms with E-state index < -0.39 is 17.2 Å². The summed E-state index contributed by atoms with van der Waals surface area (Å²) in [6.45, 7) is 4.49. The van der Waals surface area contributed by atoms with E-state index in [1.165, 1.54) is 13.2 Å². The van der Waals surface area contributed by atoms with Crippen LogP contribution in [-0.2, 0) is 9.53 Å². The van der Waals surface area contributed by atoms with Crippen molar-refractivity contribution in [1.29, 1.82) is 0 Å². The minimum Gasteiger partial charge on any atom is -0.491 e. The van der Waals surface area contributed by atoms with Gasteiger partial charge >= 0.3 is 5.97 Å². The molecule has 6 heteroatoms. The largest absolute Gasteiger partial charge is 0.491 e. The van der Waals surface area contributed by atoms with Crippen LogP contribution in [-0.4, -0.2) is 31.8 Å². The number of carbonyl (C=O) groups excluding carboxylic acids is 1. The minimum absolute atomic E-state index is 0.000350. The van der Waals surface area contributed by atoms with E-state index >= 15 is 0 Å². The van der Waals surface area contributed by atoms with Gasteiger partial charge in [-0.1, -0.05) is 6.92 Å². The van der Waals surface area contributed by atoms with Gasteiger partial charge in [-0.05, 0) is 38.4 Å². The molecule has 0 saturated carbocycles. The van der Waals surface area contributed by atoms with Crippen molar-refractivity contribution in [3.63, 3.8) is 0 Å². The Bertz CT molecular complexity index is 482. The minimum atomic E-state index is -0.797. The molecule has 0 aromatic heterocycles. The molecule has 0 aliphatic carbocycles. The molecule has 1 atom stereocenters. The predicted molar refractivity (Wildman–Crippen MR) is 75.2 cm³/mol. The second kappa shape index (κ2) is 7.93. The summed E-state index contributed by atoms with van der Waals surface area (Å²) in [5.41, 5.74) is -0.797. The van der Waals surface area contributed by atoms with Gasteiger partial charge in [0.15, 0.2) is 11.6 Å². The highest BCUT2D eigenvalue weighted by molar-refractivity contribution is 5.80. The molecule has 0 saturated heterocycles. The summed E-state index contributed by atoms with van der Waals surface area (Å²) < 4.78 is 36.1. The van der Waals surface area contributed by atoms with Crippen LogP contribution in [0, 0.1) is 11.6 Å². The quantitative estimate of drug-likeness (QED) is 0.592. The molecule has 0 amide bonds. The van der Waals surface area contributed by atoms with Gasteiger partial charge in [-0.15, -0.1) is 0 Å². The standard InChI is InChI=1S/C15H21F2NO3/c1-4-18-15(2,14(19)20-3)8-5-9-21-13-7-6-11(16)10-12(13)17/h6-7,10,18H,4-5,8-9H2,1-3H3. The third-order valence-electron chi connectivity index (χ3n) is 3.18. The summed E-state index contributed by atoms with van der Waals surface area (Å²) in [5.74, 6) is -1.74. The van der Waals surface area contributed by atoms with Crippen molar-refractivity contribution in [1.82, 2.24) is 5.32 Å². The monoisotopic (exact) mass is 301 g/mol. The first-order chi connectivity index (χ1) is 9.92. The molecule has 0 aliphatic rings. The number of methoxy groups -OCH3 is 1. The van der Waals surface area contributed by atoms with Gasteiger partial charge in [0.1, 0.15) is 11.4 Å². The zero-order valence-corrected chi connectivity index (χ0v) is 12.5. The first-order valence-corrected chi connectivity index (χ1v) is 6.84. The Labute approximate surface area is 123 Å². The van der Waals surface area contributed by atoms with Crippen molar-refractivity contribution in [3.8, 4) is 5.75 Å². The van der Waals surface area contributed by atoms with E-state index in [2.05, 4.69) is 5.32 Å². The normalized spacial score (nSPS) is 13.6. The van der Waals surface area contributed by atoms with Gasteiger partial charge in [0.25, 0.3) is 0 Å². The summed E-state index contributed by atoms with van der Waals surface area (Å²) in [7, 11) is 1.34. The summed E-state index contributed by atoms with van der Waals surface area (Å²) in [4.78, 5) is 11.8. The maximum Gasteiger partial charge on any atom is 0.325 e. The van der Waals surface area contributed by atoms with Gasteiger partial charge in [-0.3, -0.25) is 4.79 Å². The Morgan fingerprint density at radius 2 is 2.10 bits per heavy atom. The van der Waals surface area contributed by atoms with E-state index in [4.69, 9.17) is 9.47 Å². The molecule has 1 unspecified atom stereocenters. The molecule has 118 valence electrons. The van der Waals surface area contributed by atoms with E-state index in [1.807, 2.05) is 6.92 Å². The number of hydrogen-bond acceptors (Lipinski definition) is 4.